The average molecular weight is 217 g/mol. The van der Waals surface area contributed by atoms with Crippen LogP contribution in [0.4, 0.5) is 5.82 Å². The Kier molecular flexibility index (Phi) is 2.86. The predicted octanol–water partition coefficient (Wildman–Crippen LogP) is 1.86. The summed E-state index contributed by atoms with van der Waals surface area (Å²) < 4.78 is 10.6. The predicted molar refractivity (Wildman–Crippen MR) is 59.5 cm³/mol. The van der Waals surface area contributed by atoms with Crippen LogP contribution in [0.2, 0.25) is 0 Å². The Balaban J connectivity index is 2.26. The van der Waals surface area contributed by atoms with Gasteiger partial charge < -0.3 is 15.2 Å². The number of nitrogen functional groups attached to an aromatic ring is 1. The number of aromatic nitrogens is 2. The minimum Gasteiger partial charge on any atom is -0.493 e. The zero-order chi connectivity index (χ0) is 11.4. The summed E-state index contributed by atoms with van der Waals surface area (Å²) in [6, 6.07) is 7.28. The zero-order valence-corrected chi connectivity index (χ0v) is 8.75. The first-order valence-electron chi connectivity index (χ1n) is 4.68. The van der Waals surface area contributed by atoms with Gasteiger partial charge in [-0.1, -0.05) is 12.1 Å². The van der Waals surface area contributed by atoms with Gasteiger partial charge in [0.2, 0.25) is 5.88 Å². The van der Waals surface area contributed by atoms with Crippen LogP contribution < -0.4 is 15.2 Å². The van der Waals surface area contributed by atoms with Crippen molar-refractivity contribution in [3.05, 3.63) is 36.7 Å². The molecule has 1 aromatic carbocycles. The highest BCUT2D eigenvalue weighted by Gasteiger charge is 2.05. The Morgan fingerprint density at radius 2 is 1.88 bits per heavy atom. The number of rotatable bonds is 3. The first kappa shape index (κ1) is 10.2. The number of hydrogen-bond donors (Lipinski definition) is 1. The molecule has 0 aliphatic rings. The molecule has 16 heavy (non-hydrogen) atoms. The Bertz CT molecular complexity index is 488. The van der Waals surface area contributed by atoms with E-state index >= 15 is 0 Å². The third kappa shape index (κ3) is 2.20. The summed E-state index contributed by atoms with van der Waals surface area (Å²) in [6.07, 6.45) is 2.94. The van der Waals surface area contributed by atoms with Crippen LogP contribution in [0.3, 0.4) is 0 Å². The lowest BCUT2D eigenvalue weighted by Crippen LogP contribution is -1.95. The van der Waals surface area contributed by atoms with Crippen molar-refractivity contribution in [3.63, 3.8) is 0 Å². The van der Waals surface area contributed by atoms with Crippen molar-refractivity contribution < 1.29 is 9.47 Å². The maximum atomic E-state index is 5.50. The van der Waals surface area contributed by atoms with E-state index in [1.54, 1.807) is 19.2 Å². The fourth-order valence-corrected chi connectivity index (χ4v) is 1.23. The minimum absolute atomic E-state index is 0.312. The van der Waals surface area contributed by atoms with Gasteiger partial charge in [-0.15, -0.1) is 0 Å². The van der Waals surface area contributed by atoms with Gasteiger partial charge >= 0.3 is 0 Å². The lowest BCUT2D eigenvalue weighted by Gasteiger charge is -2.08. The standard InChI is InChI=1S/C11H11N3O2/c1-15-8-4-2-3-5-9(8)16-11-7-13-6-10(12)14-11/h2-7H,1H3,(H2,12,14). The second kappa shape index (κ2) is 4.48. The molecule has 0 bridgehead atoms. The maximum Gasteiger partial charge on any atom is 0.239 e. The summed E-state index contributed by atoms with van der Waals surface area (Å²) in [6.45, 7) is 0. The SMILES string of the molecule is COc1ccccc1Oc1cncc(N)n1. The lowest BCUT2D eigenvalue weighted by atomic mass is 10.3. The van der Waals surface area contributed by atoms with Crippen molar-refractivity contribution >= 4 is 5.82 Å². The molecule has 0 fully saturated rings. The van der Waals surface area contributed by atoms with Gasteiger partial charge in [-0.3, -0.25) is 4.98 Å². The molecule has 0 aliphatic carbocycles. The second-order valence-electron chi connectivity index (χ2n) is 3.04. The summed E-state index contributed by atoms with van der Waals surface area (Å²) in [5.41, 5.74) is 5.50. The van der Waals surface area contributed by atoms with Crippen LogP contribution in [0.15, 0.2) is 36.7 Å². The van der Waals surface area contributed by atoms with E-state index in [9.17, 15) is 0 Å². The highest BCUT2D eigenvalue weighted by molar-refractivity contribution is 5.41. The number of methoxy groups -OCH3 is 1. The normalized spacial score (nSPS) is 9.81. The fraction of sp³-hybridized carbons (Fsp3) is 0.0909. The van der Waals surface area contributed by atoms with Crippen LogP contribution in [0.1, 0.15) is 0 Å². The van der Waals surface area contributed by atoms with Crippen molar-refractivity contribution in [3.8, 4) is 17.4 Å². The first-order chi connectivity index (χ1) is 7.79. The van der Waals surface area contributed by atoms with Crippen molar-refractivity contribution in [1.82, 2.24) is 9.97 Å². The molecule has 0 amide bonds. The van der Waals surface area contributed by atoms with E-state index in [1.807, 2.05) is 12.1 Å². The Labute approximate surface area is 92.9 Å². The molecular weight excluding hydrogens is 206 g/mol. The summed E-state index contributed by atoms with van der Waals surface area (Å²) in [7, 11) is 1.58. The molecule has 0 unspecified atom stereocenters. The van der Waals surface area contributed by atoms with Crippen LogP contribution in [0.25, 0.3) is 0 Å². The summed E-state index contributed by atoms with van der Waals surface area (Å²) in [4.78, 5) is 7.86. The fourth-order valence-electron chi connectivity index (χ4n) is 1.23. The van der Waals surface area contributed by atoms with E-state index in [-0.39, 0.29) is 0 Å². The van der Waals surface area contributed by atoms with E-state index in [0.29, 0.717) is 23.2 Å². The number of nitrogens with two attached hydrogens (primary N) is 1. The molecular formula is C11H11N3O2. The molecule has 5 heteroatoms. The Hall–Kier alpha value is -2.30. The minimum atomic E-state index is 0.312. The molecule has 0 aliphatic heterocycles. The first-order valence-corrected chi connectivity index (χ1v) is 4.68. The van der Waals surface area contributed by atoms with Gasteiger partial charge in [-0.2, -0.15) is 4.98 Å². The lowest BCUT2D eigenvalue weighted by molar-refractivity contribution is 0.374. The third-order valence-electron chi connectivity index (χ3n) is 1.91. The summed E-state index contributed by atoms with van der Waals surface area (Å²) in [5, 5.41) is 0. The van der Waals surface area contributed by atoms with Crippen molar-refractivity contribution in [2.45, 2.75) is 0 Å². The van der Waals surface area contributed by atoms with E-state index < -0.39 is 0 Å². The highest BCUT2D eigenvalue weighted by Crippen LogP contribution is 2.29. The molecule has 0 spiro atoms. The van der Waals surface area contributed by atoms with E-state index in [0.717, 1.165) is 0 Å². The second-order valence-corrected chi connectivity index (χ2v) is 3.04. The summed E-state index contributed by atoms with van der Waals surface area (Å²) in [5.74, 6) is 1.86. The van der Waals surface area contributed by atoms with E-state index in [4.69, 9.17) is 15.2 Å². The molecule has 1 aromatic heterocycles. The molecule has 2 N–H and O–H groups in total. The molecule has 0 saturated carbocycles. The van der Waals surface area contributed by atoms with Gasteiger partial charge in [0.15, 0.2) is 11.5 Å². The topological polar surface area (TPSA) is 70.3 Å². The quantitative estimate of drug-likeness (QED) is 0.849. The van der Waals surface area contributed by atoms with Gasteiger partial charge in [0.25, 0.3) is 0 Å². The monoisotopic (exact) mass is 217 g/mol. The number of ether oxygens (including phenoxy) is 2. The van der Waals surface area contributed by atoms with Gasteiger partial charge in [0.05, 0.1) is 19.5 Å². The maximum absolute atomic E-state index is 5.50. The van der Waals surface area contributed by atoms with E-state index in [2.05, 4.69) is 9.97 Å². The molecule has 0 radical (unpaired) electrons. The summed E-state index contributed by atoms with van der Waals surface area (Å²) >= 11 is 0. The largest absolute Gasteiger partial charge is 0.493 e. The molecule has 2 rings (SSSR count). The molecule has 0 saturated heterocycles. The van der Waals surface area contributed by atoms with Crippen LogP contribution in [-0.4, -0.2) is 17.1 Å². The molecule has 82 valence electrons. The molecule has 2 aromatic rings. The van der Waals surface area contributed by atoms with Crippen LogP contribution >= 0.6 is 0 Å². The number of hydrogen-bond acceptors (Lipinski definition) is 5. The zero-order valence-electron chi connectivity index (χ0n) is 8.75. The Morgan fingerprint density at radius 3 is 2.56 bits per heavy atom. The molecule has 0 atom stereocenters. The van der Waals surface area contributed by atoms with Gasteiger partial charge in [-0.05, 0) is 12.1 Å². The van der Waals surface area contributed by atoms with E-state index in [1.165, 1.54) is 12.4 Å². The van der Waals surface area contributed by atoms with Crippen molar-refractivity contribution in [2.24, 2.45) is 0 Å². The van der Waals surface area contributed by atoms with Crippen LogP contribution in [0.5, 0.6) is 17.4 Å². The average Bonchev–Trinajstić information content (AvgIpc) is 2.30. The smallest absolute Gasteiger partial charge is 0.239 e. The van der Waals surface area contributed by atoms with Gasteiger partial charge in [0, 0.05) is 0 Å². The van der Waals surface area contributed by atoms with Crippen molar-refractivity contribution in [1.29, 1.82) is 0 Å². The Morgan fingerprint density at radius 1 is 1.12 bits per heavy atom. The number of nitrogens with zero attached hydrogens (tertiary/aromatic N) is 2. The number of para-hydroxylation sites is 2. The molecule has 5 nitrogen and oxygen atoms in total. The molecule has 1 heterocycles. The van der Waals surface area contributed by atoms with Gasteiger partial charge in [0.1, 0.15) is 5.82 Å². The van der Waals surface area contributed by atoms with Gasteiger partial charge in [-0.25, -0.2) is 0 Å². The third-order valence-corrected chi connectivity index (χ3v) is 1.91. The number of benzene rings is 1. The van der Waals surface area contributed by atoms with Crippen LogP contribution in [0, 0.1) is 0 Å². The highest BCUT2D eigenvalue weighted by atomic mass is 16.5. The van der Waals surface area contributed by atoms with Crippen molar-refractivity contribution in [2.75, 3.05) is 12.8 Å². The number of anilines is 1. The van der Waals surface area contributed by atoms with Crippen LogP contribution in [-0.2, 0) is 0 Å².